The van der Waals surface area contributed by atoms with E-state index in [1.807, 2.05) is 72.8 Å². The van der Waals surface area contributed by atoms with Gasteiger partial charge in [-0.1, -0.05) is 94.4 Å². The summed E-state index contributed by atoms with van der Waals surface area (Å²) < 4.78 is 0. The van der Waals surface area contributed by atoms with E-state index in [2.05, 4.69) is 25.3 Å². The van der Waals surface area contributed by atoms with Gasteiger partial charge in [-0.25, -0.2) is 0 Å². The molecule has 0 saturated heterocycles. The molecule has 0 fully saturated rings. The van der Waals surface area contributed by atoms with E-state index in [1.165, 1.54) is 21.6 Å². The Labute approximate surface area is 235 Å². The molecular formula is C28H26O5S4. The standard InChI is InChI=1S/C14H10O2S2.C7H8OS.C7H6OS.H2O/c15-9-11-5-1-3-7-13(11)17-18-14-8-4-2-6-12(14)10-16;2*8-5-6-3-1-2-4-7(6)9;/h1-10H;1-4,8-9H,5H2;1-5,9H;1H2. The maximum Gasteiger partial charge on any atom is 0.151 e. The molecule has 3 N–H and O–H groups in total. The van der Waals surface area contributed by atoms with E-state index in [9.17, 15) is 14.4 Å². The molecule has 0 amide bonds. The van der Waals surface area contributed by atoms with E-state index in [0.717, 1.165) is 44.0 Å². The summed E-state index contributed by atoms with van der Waals surface area (Å²) in [5.74, 6) is 0. The third-order valence-corrected chi connectivity index (χ3v) is 7.90. The molecule has 4 rings (SSSR count). The van der Waals surface area contributed by atoms with Gasteiger partial charge in [0.1, 0.15) is 0 Å². The van der Waals surface area contributed by atoms with E-state index in [1.54, 1.807) is 24.3 Å². The number of aldehydes is 3. The van der Waals surface area contributed by atoms with Crippen LogP contribution in [0.3, 0.4) is 0 Å². The lowest BCUT2D eigenvalue weighted by Crippen LogP contribution is -1.84. The summed E-state index contributed by atoms with van der Waals surface area (Å²) in [5.41, 5.74) is 2.85. The molecule has 0 aliphatic heterocycles. The second-order valence-corrected chi connectivity index (χ2v) is 10.1. The SMILES string of the molecule is O.O=Cc1ccccc1S.O=Cc1ccccc1SSc1ccccc1C=O.OCc1ccccc1S. The number of aliphatic hydroxyl groups is 1. The smallest absolute Gasteiger partial charge is 0.151 e. The van der Waals surface area contributed by atoms with Gasteiger partial charge in [0.25, 0.3) is 0 Å². The number of carbonyl (C=O) groups is 3. The van der Waals surface area contributed by atoms with Gasteiger partial charge >= 0.3 is 0 Å². The first-order valence-electron chi connectivity index (χ1n) is 10.6. The van der Waals surface area contributed by atoms with Gasteiger partial charge in [0.05, 0.1) is 6.61 Å². The van der Waals surface area contributed by atoms with Crippen LogP contribution in [0.2, 0.25) is 0 Å². The Morgan fingerprint density at radius 3 is 1.30 bits per heavy atom. The molecular weight excluding hydrogens is 545 g/mol. The number of benzene rings is 4. The van der Waals surface area contributed by atoms with Gasteiger partial charge in [-0.15, -0.1) is 25.3 Å². The number of aliphatic hydroxyl groups excluding tert-OH is 1. The van der Waals surface area contributed by atoms with Crippen molar-refractivity contribution in [2.75, 3.05) is 0 Å². The molecule has 0 saturated carbocycles. The van der Waals surface area contributed by atoms with Crippen LogP contribution in [0.1, 0.15) is 36.6 Å². The van der Waals surface area contributed by atoms with Gasteiger partial charge in [-0.05, 0) is 29.8 Å². The van der Waals surface area contributed by atoms with Gasteiger partial charge in [0.2, 0.25) is 0 Å². The summed E-state index contributed by atoms with van der Waals surface area (Å²) in [6.45, 7) is 0.0691. The van der Waals surface area contributed by atoms with Crippen molar-refractivity contribution in [1.82, 2.24) is 0 Å². The molecule has 0 aliphatic rings. The number of rotatable bonds is 7. The van der Waals surface area contributed by atoms with E-state index >= 15 is 0 Å². The van der Waals surface area contributed by atoms with Crippen LogP contribution in [0.4, 0.5) is 0 Å². The number of carbonyl (C=O) groups excluding carboxylic acids is 3. The zero-order valence-electron chi connectivity index (χ0n) is 19.6. The van der Waals surface area contributed by atoms with Crippen LogP contribution in [0.15, 0.2) is 117 Å². The van der Waals surface area contributed by atoms with Gasteiger partial charge in [-0.3, -0.25) is 14.4 Å². The molecule has 0 unspecified atom stereocenters. The third-order valence-electron chi connectivity index (χ3n) is 4.54. The van der Waals surface area contributed by atoms with E-state index < -0.39 is 0 Å². The van der Waals surface area contributed by atoms with Crippen molar-refractivity contribution < 1.29 is 25.0 Å². The molecule has 192 valence electrons. The number of thiol groups is 2. The van der Waals surface area contributed by atoms with E-state index in [0.29, 0.717) is 16.7 Å². The molecule has 4 aromatic carbocycles. The van der Waals surface area contributed by atoms with Crippen molar-refractivity contribution in [1.29, 1.82) is 0 Å². The summed E-state index contributed by atoms with van der Waals surface area (Å²) >= 11 is 8.16. The highest BCUT2D eigenvalue weighted by atomic mass is 33.1. The van der Waals surface area contributed by atoms with Crippen LogP contribution in [0, 0.1) is 0 Å². The van der Waals surface area contributed by atoms with Crippen molar-refractivity contribution >= 4 is 65.7 Å². The molecule has 0 atom stereocenters. The molecule has 0 heterocycles. The van der Waals surface area contributed by atoms with Crippen molar-refractivity contribution in [3.05, 3.63) is 119 Å². The first-order valence-corrected chi connectivity index (χ1v) is 13.6. The van der Waals surface area contributed by atoms with Crippen molar-refractivity contribution in [3.63, 3.8) is 0 Å². The molecule has 37 heavy (non-hydrogen) atoms. The van der Waals surface area contributed by atoms with Gasteiger partial charge in [-0.2, -0.15) is 0 Å². The summed E-state index contributed by atoms with van der Waals surface area (Å²) in [6, 6.07) is 29.4. The summed E-state index contributed by atoms with van der Waals surface area (Å²) in [4.78, 5) is 35.3. The summed E-state index contributed by atoms with van der Waals surface area (Å²) in [6.07, 6.45) is 2.48. The fourth-order valence-corrected chi connectivity index (χ4v) is 5.40. The lowest BCUT2D eigenvalue weighted by Gasteiger charge is -2.05. The molecule has 0 radical (unpaired) electrons. The van der Waals surface area contributed by atoms with Crippen LogP contribution in [0.5, 0.6) is 0 Å². The van der Waals surface area contributed by atoms with Gasteiger partial charge in [0, 0.05) is 36.3 Å². The molecule has 0 spiro atoms. The summed E-state index contributed by atoms with van der Waals surface area (Å²) in [5, 5.41) is 8.67. The van der Waals surface area contributed by atoms with E-state index in [-0.39, 0.29) is 12.1 Å². The van der Waals surface area contributed by atoms with Crippen LogP contribution in [-0.4, -0.2) is 29.4 Å². The second-order valence-electron chi connectivity index (χ2n) is 6.94. The zero-order chi connectivity index (χ0) is 26.2. The van der Waals surface area contributed by atoms with Crippen LogP contribution >= 0.6 is 46.8 Å². The van der Waals surface area contributed by atoms with Crippen molar-refractivity contribution in [3.8, 4) is 0 Å². The van der Waals surface area contributed by atoms with Crippen molar-refractivity contribution in [2.45, 2.75) is 26.2 Å². The third kappa shape index (κ3) is 11.0. The summed E-state index contributed by atoms with van der Waals surface area (Å²) in [7, 11) is 2.96. The van der Waals surface area contributed by atoms with Gasteiger partial charge in [0.15, 0.2) is 18.9 Å². The van der Waals surface area contributed by atoms with Crippen LogP contribution in [-0.2, 0) is 6.61 Å². The minimum Gasteiger partial charge on any atom is -0.412 e. The number of hydrogen-bond donors (Lipinski definition) is 3. The normalized spacial score (nSPS) is 9.38. The molecule has 9 heteroatoms. The minimum absolute atomic E-state index is 0. The Kier molecular flexibility index (Phi) is 16.1. The Hall–Kier alpha value is -2.79. The molecule has 0 aromatic heterocycles. The maximum absolute atomic E-state index is 10.9. The molecule has 0 aliphatic carbocycles. The van der Waals surface area contributed by atoms with Gasteiger partial charge < -0.3 is 10.6 Å². The lowest BCUT2D eigenvalue weighted by molar-refractivity contribution is 0.111. The maximum atomic E-state index is 10.9. The van der Waals surface area contributed by atoms with Crippen LogP contribution in [0.25, 0.3) is 0 Å². The van der Waals surface area contributed by atoms with Crippen molar-refractivity contribution in [2.24, 2.45) is 0 Å². The Morgan fingerprint density at radius 1 is 0.568 bits per heavy atom. The quantitative estimate of drug-likeness (QED) is 0.132. The highest BCUT2D eigenvalue weighted by molar-refractivity contribution is 8.76. The topological polar surface area (TPSA) is 103 Å². The number of hydrogen-bond acceptors (Lipinski definition) is 8. The Balaban J connectivity index is 0.000000304. The monoisotopic (exact) mass is 570 g/mol. The zero-order valence-corrected chi connectivity index (χ0v) is 23.0. The predicted octanol–water partition coefficient (Wildman–Crippen LogP) is 6.54. The van der Waals surface area contributed by atoms with Crippen LogP contribution < -0.4 is 0 Å². The molecule has 0 bridgehead atoms. The fraction of sp³-hybridized carbons (Fsp3) is 0.0357. The Morgan fingerprint density at radius 2 is 0.946 bits per heavy atom. The first-order chi connectivity index (χ1) is 17.5. The average Bonchev–Trinajstić information content (AvgIpc) is 2.93. The lowest BCUT2D eigenvalue weighted by atomic mass is 10.2. The largest absolute Gasteiger partial charge is 0.412 e. The van der Waals surface area contributed by atoms with E-state index in [4.69, 9.17) is 5.11 Å². The first kappa shape index (κ1) is 32.2. The average molecular weight is 571 g/mol. The Bertz CT molecular complexity index is 1230. The molecule has 4 aromatic rings. The molecule has 5 nitrogen and oxygen atoms in total. The minimum atomic E-state index is 0. The fourth-order valence-electron chi connectivity index (χ4n) is 2.63. The highest BCUT2D eigenvalue weighted by Crippen LogP contribution is 2.39. The highest BCUT2D eigenvalue weighted by Gasteiger charge is 2.05. The second kappa shape index (κ2) is 18.5. The predicted molar refractivity (Wildman–Crippen MR) is 158 cm³/mol.